The Kier molecular flexibility index (Phi) is 4.53. The average molecular weight is 369 g/mol. The predicted molar refractivity (Wildman–Crippen MR) is 86.3 cm³/mol. The minimum absolute atomic E-state index is 0.0170. The number of hydrogen-bond donors (Lipinski definition) is 3. The number of hydrogen-bond acceptors (Lipinski definition) is 4. The fourth-order valence-electron chi connectivity index (χ4n) is 3.11. The second-order valence-corrected chi connectivity index (χ2v) is 6.51. The van der Waals surface area contributed by atoms with E-state index in [1.807, 2.05) is 0 Å². The summed E-state index contributed by atoms with van der Waals surface area (Å²) in [5.74, 6) is -0.346. The summed E-state index contributed by atoms with van der Waals surface area (Å²) in [6, 6.07) is 5.77. The molecule has 0 unspecified atom stereocenters. The number of aryl methyl sites for hydroxylation is 1. The van der Waals surface area contributed by atoms with Gasteiger partial charge in [-0.2, -0.15) is 18.3 Å². The first-order valence-corrected chi connectivity index (χ1v) is 8.00. The molecule has 2 aromatic rings. The van der Waals surface area contributed by atoms with E-state index in [0.29, 0.717) is 17.7 Å². The second-order valence-electron chi connectivity index (χ2n) is 6.51. The number of halogens is 3. The van der Waals surface area contributed by atoms with E-state index in [1.165, 1.54) is 36.1 Å². The number of alkyl halides is 3. The van der Waals surface area contributed by atoms with Gasteiger partial charge in [-0.15, -0.1) is 0 Å². The summed E-state index contributed by atoms with van der Waals surface area (Å²) in [4.78, 5) is 13.9. The largest absolute Gasteiger partial charge is 0.435 e. The summed E-state index contributed by atoms with van der Waals surface area (Å²) >= 11 is 0. The number of H-pyrrole nitrogens is 1. The molecule has 1 aromatic carbocycles. The summed E-state index contributed by atoms with van der Waals surface area (Å²) in [5.41, 5.74) is -1.47. The average Bonchev–Trinajstić information content (AvgIpc) is 3.18. The van der Waals surface area contributed by atoms with Crippen LogP contribution in [0, 0.1) is 6.92 Å². The van der Waals surface area contributed by atoms with Crippen molar-refractivity contribution in [1.29, 1.82) is 0 Å². The summed E-state index contributed by atoms with van der Waals surface area (Å²) in [6.45, 7) is 1.38. The van der Waals surface area contributed by atoms with Crippen molar-refractivity contribution in [2.75, 3.05) is 19.7 Å². The first kappa shape index (κ1) is 18.4. The Balaban J connectivity index is 1.84. The molecule has 1 aliphatic heterocycles. The maximum Gasteiger partial charge on any atom is 0.435 e. The molecule has 1 aliphatic rings. The quantitative estimate of drug-likeness (QED) is 0.772. The minimum atomic E-state index is -4.58. The van der Waals surface area contributed by atoms with Crippen LogP contribution in [-0.2, 0) is 6.18 Å². The number of amides is 1. The highest BCUT2D eigenvalue weighted by molar-refractivity contribution is 5.95. The third-order valence-electron chi connectivity index (χ3n) is 4.55. The second kappa shape index (κ2) is 6.40. The zero-order valence-electron chi connectivity index (χ0n) is 14.0. The van der Waals surface area contributed by atoms with E-state index < -0.39 is 24.1 Å². The van der Waals surface area contributed by atoms with Crippen LogP contribution in [0.4, 0.5) is 13.2 Å². The number of β-amino-alcohol motifs (C(OH)–C–C–N with tert-alkyl or cyclic N) is 1. The lowest BCUT2D eigenvalue weighted by atomic mass is 10.0. The van der Waals surface area contributed by atoms with Gasteiger partial charge >= 0.3 is 6.18 Å². The van der Waals surface area contributed by atoms with E-state index in [4.69, 9.17) is 5.11 Å². The Hall–Kier alpha value is -2.39. The fraction of sp³-hybridized carbons (Fsp3) is 0.412. The van der Waals surface area contributed by atoms with Crippen LogP contribution in [-0.4, -0.2) is 56.5 Å². The number of aromatic amines is 1. The van der Waals surface area contributed by atoms with E-state index in [0.717, 1.165) is 0 Å². The highest BCUT2D eigenvalue weighted by Gasteiger charge is 2.39. The van der Waals surface area contributed by atoms with Gasteiger partial charge in [0.05, 0.1) is 13.2 Å². The molecule has 9 heteroatoms. The maximum atomic E-state index is 13.1. The van der Waals surface area contributed by atoms with Crippen LogP contribution in [0.15, 0.2) is 24.3 Å². The molecule has 3 rings (SSSR count). The van der Waals surface area contributed by atoms with Crippen LogP contribution in [0.2, 0.25) is 0 Å². The molecule has 1 aromatic heterocycles. The van der Waals surface area contributed by atoms with Gasteiger partial charge in [-0.3, -0.25) is 9.89 Å². The van der Waals surface area contributed by atoms with E-state index in [2.05, 4.69) is 10.2 Å². The Bertz CT molecular complexity index is 817. The summed E-state index contributed by atoms with van der Waals surface area (Å²) in [5, 5.41) is 24.9. The van der Waals surface area contributed by atoms with Crippen LogP contribution >= 0.6 is 0 Å². The third-order valence-corrected chi connectivity index (χ3v) is 4.55. The molecule has 1 amide bonds. The summed E-state index contributed by atoms with van der Waals surface area (Å²) < 4.78 is 39.2. The number of aliphatic hydroxyl groups is 2. The third kappa shape index (κ3) is 3.32. The van der Waals surface area contributed by atoms with E-state index in [9.17, 15) is 23.1 Å². The topological polar surface area (TPSA) is 89.5 Å². The lowest BCUT2D eigenvalue weighted by Gasteiger charge is -2.21. The molecular formula is C17H18F3N3O3. The van der Waals surface area contributed by atoms with E-state index >= 15 is 0 Å². The molecule has 0 aliphatic carbocycles. The first-order chi connectivity index (χ1) is 12.1. The van der Waals surface area contributed by atoms with Gasteiger partial charge in [-0.05, 0) is 31.0 Å². The van der Waals surface area contributed by atoms with Crippen molar-refractivity contribution in [3.8, 4) is 11.1 Å². The lowest BCUT2D eigenvalue weighted by molar-refractivity contribution is -0.140. The normalized spacial score (nSPS) is 20.6. The molecule has 0 radical (unpaired) electrons. The molecule has 6 nitrogen and oxygen atoms in total. The molecule has 1 atom stereocenters. The van der Waals surface area contributed by atoms with Crippen LogP contribution < -0.4 is 0 Å². The van der Waals surface area contributed by atoms with Crippen molar-refractivity contribution in [2.45, 2.75) is 25.1 Å². The number of aliphatic hydroxyl groups excluding tert-OH is 1. The summed E-state index contributed by atoms with van der Waals surface area (Å²) in [6.07, 6.45) is -4.31. The first-order valence-electron chi connectivity index (χ1n) is 8.00. The van der Waals surface area contributed by atoms with Crippen LogP contribution in [0.1, 0.15) is 28.2 Å². The molecule has 0 saturated carbocycles. The number of rotatable bonds is 3. The van der Waals surface area contributed by atoms with Gasteiger partial charge in [0, 0.05) is 23.4 Å². The predicted octanol–water partition coefficient (Wildman–Crippen LogP) is 1.97. The highest BCUT2D eigenvalue weighted by atomic mass is 19.4. The van der Waals surface area contributed by atoms with Gasteiger partial charge in [-0.1, -0.05) is 12.1 Å². The van der Waals surface area contributed by atoms with Crippen LogP contribution in [0.25, 0.3) is 11.1 Å². The molecular weight excluding hydrogens is 351 g/mol. The SMILES string of the molecule is Cc1[nH]nc(C(F)(F)F)c1-c1ccc(C(=O)N2CC[C@@](O)(CO)C2)cc1. The van der Waals surface area contributed by atoms with Gasteiger partial charge in [0.2, 0.25) is 0 Å². The molecule has 2 heterocycles. The summed E-state index contributed by atoms with van der Waals surface area (Å²) in [7, 11) is 0. The van der Waals surface area contributed by atoms with E-state index in [1.54, 1.807) is 0 Å². The van der Waals surface area contributed by atoms with Crippen molar-refractivity contribution in [2.24, 2.45) is 0 Å². The zero-order chi connectivity index (χ0) is 19.1. The number of likely N-dealkylation sites (tertiary alicyclic amines) is 1. The van der Waals surface area contributed by atoms with Crippen molar-refractivity contribution >= 4 is 5.91 Å². The Morgan fingerprint density at radius 3 is 2.54 bits per heavy atom. The standard InChI is InChI=1S/C17H18F3N3O3/c1-10-13(14(22-21-10)17(18,19)20)11-2-4-12(5-3-11)15(25)23-7-6-16(26,8-23)9-24/h2-5,24,26H,6-9H2,1H3,(H,21,22)/t16-/m0/s1. The Morgan fingerprint density at radius 1 is 1.35 bits per heavy atom. The molecule has 0 bridgehead atoms. The monoisotopic (exact) mass is 369 g/mol. The maximum absolute atomic E-state index is 13.1. The highest BCUT2D eigenvalue weighted by Crippen LogP contribution is 2.37. The van der Waals surface area contributed by atoms with Gasteiger partial charge < -0.3 is 15.1 Å². The van der Waals surface area contributed by atoms with Crippen LogP contribution in [0.5, 0.6) is 0 Å². The van der Waals surface area contributed by atoms with E-state index in [-0.39, 0.29) is 30.1 Å². The number of carbonyl (C=O) groups is 1. The molecule has 26 heavy (non-hydrogen) atoms. The number of benzene rings is 1. The minimum Gasteiger partial charge on any atom is -0.393 e. The van der Waals surface area contributed by atoms with Gasteiger partial charge in [0.15, 0.2) is 5.69 Å². The van der Waals surface area contributed by atoms with Crippen molar-refractivity contribution < 1.29 is 28.2 Å². The molecule has 1 fully saturated rings. The van der Waals surface area contributed by atoms with Crippen molar-refractivity contribution in [3.05, 3.63) is 41.2 Å². The Morgan fingerprint density at radius 2 is 2.00 bits per heavy atom. The zero-order valence-corrected chi connectivity index (χ0v) is 14.0. The molecule has 140 valence electrons. The van der Waals surface area contributed by atoms with Gasteiger partial charge in [0.1, 0.15) is 5.60 Å². The number of nitrogens with zero attached hydrogens (tertiary/aromatic N) is 2. The lowest BCUT2D eigenvalue weighted by Crippen LogP contribution is -2.38. The van der Waals surface area contributed by atoms with Gasteiger partial charge in [-0.25, -0.2) is 0 Å². The smallest absolute Gasteiger partial charge is 0.393 e. The van der Waals surface area contributed by atoms with Crippen molar-refractivity contribution in [1.82, 2.24) is 15.1 Å². The number of carbonyl (C=O) groups excluding carboxylic acids is 1. The molecule has 3 N–H and O–H groups in total. The van der Waals surface area contributed by atoms with Crippen LogP contribution in [0.3, 0.4) is 0 Å². The molecule has 0 spiro atoms. The fourth-order valence-corrected chi connectivity index (χ4v) is 3.11. The molecule has 1 saturated heterocycles. The number of aromatic nitrogens is 2. The number of nitrogens with one attached hydrogen (secondary N) is 1. The van der Waals surface area contributed by atoms with Crippen molar-refractivity contribution in [3.63, 3.8) is 0 Å². The Labute approximate surface area is 147 Å². The van der Waals surface area contributed by atoms with Gasteiger partial charge in [0.25, 0.3) is 5.91 Å².